The first-order chi connectivity index (χ1) is 16.3. The fourth-order valence-corrected chi connectivity index (χ4v) is 5.85. The zero-order chi connectivity index (χ0) is 24.3. The molecule has 0 radical (unpaired) electrons. The fraction of sp³-hybridized carbons (Fsp3) is 0.429. The van der Waals surface area contributed by atoms with Gasteiger partial charge in [0.2, 0.25) is 0 Å². The summed E-state index contributed by atoms with van der Waals surface area (Å²) in [5.74, 6) is 4.86. The number of hydrogen-bond donors (Lipinski definition) is 2. The lowest BCUT2D eigenvalue weighted by Crippen LogP contribution is -2.62. The summed E-state index contributed by atoms with van der Waals surface area (Å²) in [5, 5.41) is 12.8. The maximum atomic E-state index is 12.9. The van der Waals surface area contributed by atoms with E-state index in [0.29, 0.717) is 23.9 Å². The number of alkyl carbamates (subject to hydrolysis) is 1. The summed E-state index contributed by atoms with van der Waals surface area (Å²) in [6.07, 6.45) is 1.30. The van der Waals surface area contributed by atoms with Crippen molar-refractivity contribution in [3.8, 4) is 23.0 Å². The number of nitrogens with zero attached hydrogens (tertiary/aromatic N) is 1. The Morgan fingerprint density at radius 1 is 1.15 bits per heavy atom. The van der Waals surface area contributed by atoms with Crippen molar-refractivity contribution in [2.75, 3.05) is 33.8 Å². The molecule has 2 aromatic carbocycles. The molecule has 0 aromatic heterocycles. The molecule has 34 heavy (non-hydrogen) atoms. The van der Waals surface area contributed by atoms with E-state index >= 15 is 0 Å². The second-order valence-electron chi connectivity index (χ2n) is 10.1. The van der Waals surface area contributed by atoms with Gasteiger partial charge in [0, 0.05) is 12.3 Å². The predicted molar refractivity (Wildman–Crippen MR) is 131 cm³/mol. The van der Waals surface area contributed by atoms with Crippen molar-refractivity contribution in [2.24, 2.45) is 5.41 Å². The van der Waals surface area contributed by atoms with E-state index in [9.17, 15) is 14.7 Å². The number of piperidine rings is 1. The Balaban J connectivity index is 1.52. The maximum Gasteiger partial charge on any atom is 0.407 e. The first-order valence-electron chi connectivity index (χ1n) is 11.8. The molecule has 1 fully saturated rings. The number of carboxylic acid groups (broad SMARTS) is 1. The molecule has 6 heteroatoms. The van der Waals surface area contributed by atoms with Crippen LogP contribution in [0.15, 0.2) is 48.5 Å². The number of quaternary nitrogens is 1. The van der Waals surface area contributed by atoms with Gasteiger partial charge in [0.1, 0.15) is 12.6 Å². The van der Waals surface area contributed by atoms with E-state index in [1.807, 2.05) is 24.3 Å². The van der Waals surface area contributed by atoms with E-state index in [-0.39, 0.29) is 12.5 Å². The molecule has 1 aliphatic heterocycles. The molecule has 2 atom stereocenters. The monoisotopic (exact) mass is 461 g/mol. The molecule has 4 rings (SSSR count). The van der Waals surface area contributed by atoms with Gasteiger partial charge in [-0.15, -0.1) is 11.8 Å². The average molecular weight is 462 g/mol. The van der Waals surface area contributed by atoms with Crippen molar-refractivity contribution in [1.29, 1.82) is 0 Å². The normalized spacial score (nSPS) is 21.4. The number of aliphatic carboxylic acids is 1. The van der Waals surface area contributed by atoms with Gasteiger partial charge in [-0.25, -0.2) is 9.59 Å². The zero-order valence-electron chi connectivity index (χ0n) is 20.1. The topological polar surface area (TPSA) is 75.6 Å². The number of carbonyl (C=O) groups excluding carboxylic acids is 1. The first kappa shape index (κ1) is 23.8. The summed E-state index contributed by atoms with van der Waals surface area (Å²) in [4.78, 5) is 25.3. The van der Waals surface area contributed by atoms with E-state index < -0.39 is 23.5 Å². The lowest BCUT2D eigenvalue weighted by molar-refractivity contribution is -0.902. The lowest BCUT2D eigenvalue weighted by Gasteiger charge is -2.47. The number of hydrogen-bond acceptors (Lipinski definition) is 3. The van der Waals surface area contributed by atoms with Gasteiger partial charge in [0.25, 0.3) is 0 Å². The van der Waals surface area contributed by atoms with Gasteiger partial charge < -0.3 is 19.6 Å². The number of likely N-dealkylation sites (tertiary alicyclic amines) is 1. The van der Waals surface area contributed by atoms with Crippen LogP contribution >= 0.6 is 0 Å². The van der Waals surface area contributed by atoms with Crippen LogP contribution in [0.3, 0.4) is 0 Å². The molecule has 2 N–H and O–H groups in total. The van der Waals surface area contributed by atoms with E-state index in [4.69, 9.17) is 4.74 Å². The smallest absolute Gasteiger partial charge is 0.407 e. The van der Waals surface area contributed by atoms with E-state index in [0.717, 1.165) is 35.2 Å². The number of fused-ring (bicyclic) bond motifs is 3. The SMILES string of the molecule is CC#CC[C@@]1([C@H](NC(=O)OCC2c3ccccc3-c3ccccc32)C(=O)O)CCC[N+](C)(C)C1. The summed E-state index contributed by atoms with van der Waals surface area (Å²) < 4.78 is 6.35. The molecular weight excluding hydrogens is 428 g/mol. The van der Waals surface area contributed by atoms with Crippen LogP contribution in [-0.2, 0) is 9.53 Å². The summed E-state index contributed by atoms with van der Waals surface area (Å²) in [5.41, 5.74) is 3.88. The number of carboxylic acids is 1. The number of rotatable bonds is 6. The van der Waals surface area contributed by atoms with E-state index in [2.05, 4.69) is 55.5 Å². The third kappa shape index (κ3) is 4.67. The molecule has 0 bridgehead atoms. The number of amides is 1. The summed E-state index contributed by atoms with van der Waals surface area (Å²) in [6, 6.07) is 15.2. The van der Waals surface area contributed by atoms with Crippen LogP contribution in [0.2, 0.25) is 0 Å². The van der Waals surface area contributed by atoms with Gasteiger partial charge in [-0.3, -0.25) is 0 Å². The molecule has 0 saturated carbocycles. The van der Waals surface area contributed by atoms with Gasteiger partial charge in [-0.05, 0) is 42.0 Å². The van der Waals surface area contributed by atoms with Crippen LogP contribution in [-0.4, -0.2) is 61.5 Å². The highest BCUT2D eigenvalue weighted by molar-refractivity contribution is 5.82. The summed E-state index contributed by atoms with van der Waals surface area (Å²) >= 11 is 0. The lowest BCUT2D eigenvalue weighted by atomic mass is 9.70. The Morgan fingerprint density at radius 3 is 2.32 bits per heavy atom. The minimum absolute atomic E-state index is 0.0772. The number of carbonyl (C=O) groups is 2. The second kappa shape index (κ2) is 9.52. The molecule has 0 unspecified atom stereocenters. The van der Waals surface area contributed by atoms with Crippen molar-refractivity contribution in [3.63, 3.8) is 0 Å². The second-order valence-corrected chi connectivity index (χ2v) is 10.1. The molecule has 0 spiro atoms. The van der Waals surface area contributed by atoms with Crippen molar-refractivity contribution in [3.05, 3.63) is 59.7 Å². The molecule has 178 valence electrons. The molecule has 6 nitrogen and oxygen atoms in total. The predicted octanol–water partition coefficient (Wildman–Crippen LogP) is 4.25. The molecule has 1 amide bonds. The minimum Gasteiger partial charge on any atom is -0.480 e. The largest absolute Gasteiger partial charge is 0.480 e. The number of benzene rings is 2. The van der Waals surface area contributed by atoms with Gasteiger partial charge in [0.15, 0.2) is 0 Å². The van der Waals surface area contributed by atoms with Crippen molar-refractivity contribution < 1.29 is 23.9 Å². The molecule has 1 heterocycles. The Hall–Kier alpha value is -3.30. The molecule has 1 aliphatic carbocycles. The quantitative estimate of drug-likeness (QED) is 0.498. The van der Waals surface area contributed by atoms with Gasteiger partial charge >= 0.3 is 12.1 Å². The molecule has 2 aliphatic rings. The van der Waals surface area contributed by atoms with Crippen molar-refractivity contribution in [1.82, 2.24) is 5.32 Å². The van der Waals surface area contributed by atoms with Crippen LogP contribution < -0.4 is 5.32 Å². The van der Waals surface area contributed by atoms with Crippen molar-refractivity contribution >= 4 is 12.1 Å². The Morgan fingerprint density at radius 2 is 1.76 bits per heavy atom. The highest BCUT2D eigenvalue weighted by atomic mass is 16.5. The van der Waals surface area contributed by atoms with Crippen LogP contribution in [0.1, 0.15) is 43.2 Å². The minimum atomic E-state index is -1.07. The fourth-order valence-electron chi connectivity index (χ4n) is 5.85. The van der Waals surface area contributed by atoms with Crippen LogP contribution in [0, 0.1) is 17.3 Å². The van der Waals surface area contributed by atoms with Crippen LogP contribution in [0.5, 0.6) is 0 Å². The zero-order valence-corrected chi connectivity index (χ0v) is 20.1. The van der Waals surface area contributed by atoms with Crippen LogP contribution in [0.25, 0.3) is 11.1 Å². The summed E-state index contributed by atoms with van der Waals surface area (Å²) in [6.45, 7) is 3.50. The highest BCUT2D eigenvalue weighted by Crippen LogP contribution is 2.44. The highest BCUT2D eigenvalue weighted by Gasteiger charge is 2.50. The molecule has 1 saturated heterocycles. The maximum absolute atomic E-state index is 12.9. The van der Waals surface area contributed by atoms with Gasteiger partial charge in [-0.2, -0.15) is 0 Å². The van der Waals surface area contributed by atoms with E-state index in [1.54, 1.807) is 6.92 Å². The van der Waals surface area contributed by atoms with Gasteiger partial charge in [-0.1, -0.05) is 48.5 Å². The summed E-state index contributed by atoms with van der Waals surface area (Å²) in [7, 11) is 4.19. The van der Waals surface area contributed by atoms with Crippen LogP contribution in [0.4, 0.5) is 4.79 Å². The van der Waals surface area contributed by atoms with Gasteiger partial charge in [0.05, 0.1) is 32.6 Å². The average Bonchev–Trinajstić information content (AvgIpc) is 3.13. The Labute approximate surface area is 201 Å². The standard InChI is InChI=1S/C28H32N2O4/c1-4-5-15-28(16-10-17-30(2,3)19-28)25(26(31)32)29-27(33)34-18-24-22-13-8-6-11-20(22)21-12-7-9-14-23(21)24/h6-9,11-14,24-25H,10,15-19H2,1-3H3,(H-,29,31,32,33)/p+1/t25-,28-/m1/s1. The number of ether oxygens (including phenoxy) is 1. The third-order valence-corrected chi connectivity index (χ3v) is 7.26. The first-order valence-corrected chi connectivity index (χ1v) is 11.8. The molecule has 2 aromatic rings. The Bertz CT molecular complexity index is 1100. The third-order valence-electron chi connectivity index (χ3n) is 7.26. The van der Waals surface area contributed by atoms with E-state index in [1.165, 1.54) is 0 Å². The van der Waals surface area contributed by atoms with Crippen molar-refractivity contribution in [2.45, 2.75) is 38.1 Å². The molecular formula is C28H33N2O4+. The number of nitrogens with one attached hydrogen (secondary N) is 1. The Kier molecular flexibility index (Phi) is 6.67.